The third kappa shape index (κ3) is 2.78. The molecule has 1 saturated heterocycles. The number of hydrogen-bond donors (Lipinski definition) is 0. The zero-order valence-corrected chi connectivity index (χ0v) is 10.7. The number of nitrogens with zero attached hydrogens (tertiary/aromatic N) is 2. The molecule has 0 spiro atoms. The molecule has 2 rings (SSSR count). The molecule has 0 aliphatic carbocycles. The fraction of sp³-hybridized carbons (Fsp3) is 0.667. The smallest absolute Gasteiger partial charge is 0.410 e. The number of aryl methyl sites for hydroxylation is 1. The highest BCUT2D eigenvalue weighted by molar-refractivity contribution is 5.69. The monoisotopic (exact) mass is 238 g/mol. The van der Waals surface area contributed by atoms with Gasteiger partial charge in [0.1, 0.15) is 11.4 Å². The molecule has 1 aliphatic rings. The van der Waals surface area contributed by atoms with Crippen LogP contribution in [0, 0.1) is 6.92 Å². The van der Waals surface area contributed by atoms with Gasteiger partial charge in [0.05, 0.1) is 11.6 Å². The average molecular weight is 238 g/mol. The van der Waals surface area contributed by atoms with Crippen LogP contribution >= 0.6 is 0 Å². The van der Waals surface area contributed by atoms with Gasteiger partial charge in [-0.2, -0.15) is 0 Å². The number of likely N-dealkylation sites (tertiary alicyclic amines) is 1. The Morgan fingerprint density at radius 3 is 2.65 bits per heavy atom. The Balaban J connectivity index is 1.85. The molecule has 0 saturated carbocycles. The molecule has 0 atom stereocenters. The van der Waals surface area contributed by atoms with E-state index in [1.807, 2.05) is 33.8 Å². The van der Waals surface area contributed by atoms with Crippen LogP contribution in [0.1, 0.15) is 38.1 Å². The predicted octanol–water partition coefficient (Wildman–Crippen LogP) is 2.32. The molecular weight excluding hydrogens is 220 g/mol. The Morgan fingerprint density at radius 2 is 2.18 bits per heavy atom. The van der Waals surface area contributed by atoms with Crippen molar-refractivity contribution in [1.82, 2.24) is 10.1 Å². The van der Waals surface area contributed by atoms with Crippen molar-refractivity contribution in [2.45, 2.75) is 39.2 Å². The Kier molecular flexibility index (Phi) is 2.85. The summed E-state index contributed by atoms with van der Waals surface area (Å²) in [4.78, 5) is 13.4. The van der Waals surface area contributed by atoms with E-state index in [4.69, 9.17) is 9.26 Å². The maximum atomic E-state index is 11.7. The van der Waals surface area contributed by atoms with Gasteiger partial charge in [-0.25, -0.2) is 4.79 Å². The lowest BCUT2D eigenvalue weighted by Gasteiger charge is -2.38. The summed E-state index contributed by atoms with van der Waals surface area (Å²) in [7, 11) is 0. The summed E-state index contributed by atoms with van der Waals surface area (Å²) in [6.45, 7) is 8.76. The Morgan fingerprint density at radius 1 is 1.53 bits per heavy atom. The third-order valence-electron chi connectivity index (χ3n) is 2.58. The molecule has 1 aliphatic heterocycles. The van der Waals surface area contributed by atoms with Crippen molar-refractivity contribution in [1.29, 1.82) is 0 Å². The Hall–Kier alpha value is -1.52. The molecule has 2 heterocycles. The predicted molar refractivity (Wildman–Crippen MR) is 61.8 cm³/mol. The van der Waals surface area contributed by atoms with Gasteiger partial charge in [0, 0.05) is 19.2 Å². The highest BCUT2D eigenvalue weighted by Gasteiger charge is 2.36. The van der Waals surface area contributed by atoms with E-state index in [0.29, 0.717) is 13.1 Å². The van der Waals surface area contributed by atoms with Crippen molar-refractivity contribution in [3.05, 3.63) is 17.5 Å². The summed E-state index contributed by atoms with van der Waals surface area (Å²) >= 11 is 0. The van der Waals surface area contributed by atoms with E-state index in [9.17, 15) is 4.79 Å². The van der Waals surface area contributed by atoms with E-state index in [-0.39, 0.29) is 12.0 Å². The fourth-order valence-electron chi connectivity index (χ4n) is 1.71. The number of carbonyl (C=O) groups excluding carboxylic acids is 1. The molecule has 0 unspecified atom stereocenters. The molecule has 0 N–H and O–H groups in total. The standard InChI is InChI=1S/C12H18N2O3/c1-8-5-10(17-13-8)9-6-14(7-9)11(15)16-12(2,3)4/h5,9H,6-7H2,1-4H3. The van der Waals surface area contributed by atoms with Gasteiger partial charge < -0.3 is 14.2 Å². The van der Waals surface area contributed by atoms with Crippen LogP contribution in [0.4, 0.5) is 4.79 Å². The van der Waals surface area contributed by atoms with Gasteiger partial charge in [-0.1, -0.05) is 5.16 Å². The van der Waals surface area contributed by atoms with Crippen LogP contribution in [-0.2, 0) is 4.74 Å². The highest BCUT2D eigenvalue weighted by atomic mass is 16.6. The van der Waals surface area contributed by atoms with Gasteiger partial charge >= 0.3 is 6.09 Å². The topological polar surface area (TPSA) is 55.6 Å². The van der Waals surface area contributed by atoms with Crippen molar-refractivity contribution in [2.24, 2.45) is 0 Å². The van der Waals surface area contributed by atoms with E-state index >= 15 is 0 Å². The second-order valence-corrected chi connectivity index (χ2v) is 5.45. The molecule has 0 aromatic carbocycles. The summed E-state index contributed by atoms with van der Waals surface area (Å²) in [5.41, 5.74) is 0.432. The first kappa shape index (κ1) is 12.0. The summed E-state index contributed by atoms with van der Waals surface area (Å²) in [5.74, 6) is 1.10. The van der Waals surface area contributed by atoms with E-state index in [1.165, 1.54) is 0 Å². The second kappa shape index (κ2) is 4.05. The first-order valence-corrected chi connectivity index (χ1v) is 5.76. The zero-order valence-electron chi connectivity index (χ0n) is 10.7. The molecule has 0 bridgehead atoms. The molecule has 94 valence electrons. The minimum atomic E-state index is -0.439. The van der Waals surface area contributed by atoms with Crippen LogP contribution in [-0.4, -0.2) is 34.8 Å². The Bertz CT molecular complexity index is 414. The van der Waals surface area contributed by atoms with Crippen molar-refractivity contribution < 1.29 is 14.1 Å². The number of ether oxygens (including phenoxy) is 1. The SMILES string of the molecule is Cc1cc(C2CN(C(=O)OC(C)(C)C)C2)on1. The number of carbonyl (C=O) groups is 1. The van der Waals surface area contributed by atoms with Crippen LogP contribution in [0.5, 0.6) is 0 Å². The summed E-state index contributed by atoms with van der Waals surface area (Å²) in [6, 6.07) is 1.91. The molecule has 17 heavy (non-hydrogen) atoms. The maximum Gasteiger partial charge on any atom is 0.410 e. The van der Waals surface area contributed by atoms with Gasteiger partial charge in [-0.05, 0) is 27.7 Å². The van der Waals surface area contributed by atoms with E-state index in [0.717, 1.165) is 11.5 Å². The molecule has 5 nitrogen and oxygen atoms in total. The zero-order chi connectivity index (χ0) is 12.6. The lowest BCUT2D eigenvalue weighted by molar-refractivity contribution is 0.00605. The molecule has 5 heteroatoms. The van der Waals surface area contributed by atoms with Crippen molar-refractivity contribution >= 4 is 6.09 Å². The van der Waals surface area contributed by atoms with E-state index < -0.39 is 5.60 Å². The van der Waals surface area contributed by atoms with Gasteiger partial charge in [0.2, 0.25) is 0 Å². The number of hydrogen-bond acceptors (Lipinski definition) is 4. The molecule has 1 aromatic heterocycles. The average Bonchev–Trinajstić information content (AvgIpc) is 2.45. The lowest BCUT2D eigenvalue weighted by Crippen LogP contribution is -2.50. The van der Waals surface area contributed by atoms with Crippen molar-refractivity contribution in [3.63, 3.8) is 0 Å². The van der Waals surface area contributed by atoms with Crippen LogP contribution in [0.15, 0.2) is 10.6 Å². The first-order chi connectivity index (χ1) is 7.85. The number of rotatable bonds is 1. The van der Waals surface area contributed by atoms with Gasteiger partial charge in [-0.15, -0.1) is 0 Å². The van der Waals surface area contributed by atoms with Crippen LogP contribution in [0.2, 0.25) is 0 Å². The minimum absolute atomic E-state index is 0.253. The molecule has 1 amide bonds. The third-order valence-corrected chi connectivity index (χ3v) is 2.58. The maximum absolute atomic E-state index is 11.7. The van der Waals surface area contributed by atoms with Crippen molar-refractivity contribution in [2.75, 3.05) is 13.1 Å². The second-order valence-electron chi connectivity index (χ2n) is 5.45. The molecule has 1 aromatic rings. The highest BCUT2D eigenvalue weighted by Crippen LogP contribution is 2.28. The summed E-state index contributed by atoms with van der Waals surface area (Å²) < 4.78 is 10.4. The number of aromatic nitrogens is 1. The van der Waals surface area contributed by atoms with Crippen LogP contribution in [0.25, 0.3) is 0 Å². The number of amides is 1. The summed E-state index contributed by atoms with van der Waals surface area (Å²) in [5, 5.41) is 3.84. The first-order valence-electron chi connectivity index (χ1n) is 5.76. The van der Waals surface area contributed by atoms with Crippen LogP contribution < -0.4 is 0 Å². The van der Waals surface area contributed by atoms with Crippen LogP contribution in [0.3, 0.4) is 0 Å². The quantitative estimate of drug-likeness (QED) is 0.753. The lowest BCUT2D eigenvalue weighted by atomic mass is 9.98. The van der Waals surface area contributed by atoms with E-state index in [1.54, 1.807) is 4.90 Å². The molecular formula is C12H18N2O3. The Labute approximate surface area is 101 Å². The largest absolute Gasteiger partial charge is 0.444 e. The van der Waals surface area contributed by atoms with E-state index in [2.05, 4.69) is 5.16 Å². The fourth-order valence-corrected chi connectivity index (χ4v) is 1.71. The minimum Gasteiger partial charge on any atom is -0.444 e. The van der Waals surface area contributed by atoms with Gasteiger partial charge in [0.15, 0.2) is 0 Å². The molecule has 0 radical (unpaired) electrons. The van der Waals surface area contributed by atoms with Crippen molar-refractivity contribution in [3.8, 4) is 0 Å². The van der Waals surface area contributed by atoms with Gasteiger partial charge in [0.25, 0.3) is 0 Å². The molecule has 1 fully saturated rings. The van der Waals surface area contributed by atoms with Gasteiger partial charge in [-0.3, -0.25) is 0 Å². The normalized spacial score (nSPS) is 16.8. The summed E-state index contributed by atoms with van der Waals surface area (Å²) in [6.07, 6.45) is -0.259.